The van der Waals surface area contributed by atoms with E-state index in [1.54, 1.807) is 17.9 Å². The Morgan fingerprint density at radius 2 is 1.63 bits per heavy atom. The molecule has 0 saturated heterocycles. The van der Waals surface area contributed by atoms with E-state index in [1.165, 1.54) is 25.2 Å². The van der Waals surface area contributed by atoms with Crippen molar-refractivity contribution in [2.45, 2.75) is 37.5 Å². The number of carbonyl (C=O) groups is 1. The minimum absolute atomic E-state index is 0.0531. The lowest BCUT2D eigenvalue weighted by Crippen LogP contribution is -2.47. The maximum absolute atomic E-state index is 14.4. The van der Waals surface area contributed by atoms with Crippen molar-refractivity contribution in [2.24, 2.45) is 5.92 Å². The van der Waals surface area contributed by atoms with Crippen LogP contribution in [0.4, 0.5) is 4.39 Å². The minimum Gasteiger partial charge on any atom is -0.394 e. The predicted octanol–water partition coefficient (Wildman–Crippen LogP) is 4.17. The standard InChI is InChI=1S/C29H33FN2O5S/c1-20-16-32(21(2)18-33)29(34)25-13-7-6-12-24(25)23-11-5-4-10-22(23)19-37-27(20)17-31(3)38(35,36)28-15-9-8-14-26(28)30/h4-15,20-21,27,33H,16-19H2,1-3H3/t20-,21-,27+/m1/s1. The number of likely N-dealkylation sites (N-methyl/N-ethyl adjacent to an activating group) is 1. The summed E-state index contributed by atoms with van der Waals surface area (Å²) in [6.07, 6.45) is -0.628. The SMILES string of the molecule is C[C@@H]1CN([C@H](C)CO)C(=O)c2ccccc2-c2ccccc2CO[C@H]1CN(C)S(=O)(=O)c1ccccc1F. The van der Waals surface area contributed by atoms with E-state index in [9.17, 15) is 22.7 Å². The van der Waals surface area contributed by atoms with Gasteiger partial charge >= 0.3 is 0 Å². The molecule has 7 nitrogen and oxygen atoms in total. The van der Waals surface area contributed by atoms with Crippen LogP contribution in [0.2, 0.25) is 0 Å². The largest absolute Gasteiger partial charge is 0.394 e. The number of carbonyl (C=O) groups excluding carboxylic acids is 1. The highest BCUT2D eigenvalue weighted by atomic mass is 32.2. The van der Waals surface area contributed by atoms with Crippen LogP contribution in [0.1, 0.15) is 29.8 Å². The fraction of sp³-hybridized carbons (Fsp3) is 0.345. The molecule has 0 fully saturated rings. The van der Waals surface area contributed by atoms with Crippen molar-refractivity contribution >= 4 is 15.9 Å². The molecular formula is C29H33FN2O5S. The molecule has 9 heteroatoms. The molecule has 3 atom stereocenters. The molecule has 0 radical (unpaired) electrons. The number of sulfonamides is 1. The van der Waals surface area contributed by atoms with Crippen LogP contribution < -0.4 is 0 Å². The summed E-state index contributed by atoms with van der Waals surface area (Å²) in [6.45, 7) is 3.78. The third-order valence-corrected chi connectivity index (χ3v) is 8.91. The summed E-state index contributed by atoms with van der Waals surface area (Å²) in [5, 5.41) is 9.96. The zero-order valence-electron chi connectivity index (χ0n) is 21.7. The van der Waals surface area contributed by atoms with Gasteiger partial charge in [-0.3, -0.25) is 4.79 Å². The molecule has 0 spiro atoms. The summed E-state index contributed by atoms with van der Waals surface area (Å²) in [6, 6.07) is 19.8. The Morgan fingerprint density at radius 3 is 2.32 bits per heavy atom. The van der Waals surface area contributed by atoms with Crippen LogP contribution in [0, 0.1) is 11.7 Å². The van der Waals surface area contributed by atoms with E-state index in [0.29, 0.717) is 5.56 Å². The number of aliphatic hydroxyl groups is 1. The van der Waals surface area contributed by atoms with Gasteiger partial charge in [0, 0.05) is 31.6 Å². The summed E-state index contributed by atoms with van der Waals surface area (Å²) in [5.41, 5.74) is 2.98. The maximum atomic E-state index is 14.4. The molecule has 3 aromatic carbocycles. The molecule has 4 rings (SSSR count). The summed E-state index contributed by atoms with van der Waals surface area (Å²) < 4.78 is 48.3. The summed E-state index contributed by atoms with van der Waals surface area (Å²) >= 11 is 0. The zero-order valence-corrected chi connectivity index (χ0v) is 22.6. The third-order valence-electron chi connectivity index (χ3n) is 7.06. The van der Waals surface area contributed by atoms with Gasteiger partial charge in [-0.1, -0.05) is 61.5 Å². The van der Waals surface area contributed by atoms with Crippen molar-refractivity contribution in [2.75, 3.05) is 26.7 Å². The molecule has 202 valence electrons. The minimum atomic E-state index is -4.13. The van der Waals surface area contributed by atoms with E-state index < -0.39 is 32.9 Å². The first-order valence-corrected chi connectivity index (χ1v) is 14.0. The first-order valence-electron chi connectivity index (χ1n) is 12.6. The molecule has 38 heavy (non-hydrogen) atoms. The van der Waals surface area contributed by atoms with E-state index in [0.717, 1.165) is 27.1 Å². The van der Waals surface area contributed by atoms with Gasteiger partial charge in [-0.25, -0.2) is 12.8 Å². The third kappa shape index (κ3) is 5.66. The molecule has 1 amide bonds. The van der Waals surface area contributed by atoms with Gasteiger partial charge in [0.25, 0.3) is 5.91 Å². The Labute approximate surface area is 223 Å². The Kier molecular flexibility index (Phi) is 8.62. The Hall–Kier alpha value is -3.11. The molecule has 0 unspecified atom stereocenters. The summed E-state index contributed by atoms with van der Waals surface area (Å²) in [5.74, 6) is -1.36. The molecule has 1 aliphatic heterocycles. The number of halogens is 1. The van der Waals surface area contributed by atoms with Crippen LogP contribution in [0.15, 0.2) is 77.7 Å². The fourth-order valence-electron chi connectivity index (χ4n) is 4.72. The quantitative estimate of drug-likeness (QED) is 0.507. The summed E-state index contributed by atoms with van der Waals surface area (Å²) in [7, 11) is -2.73. The van der Waals surface area contributed by atoms with Crippen molar-refractivity contribution in [1.82, 2.24) is 9.21 Å². The Morgan fingerprint density at radius 1 is 1.03 bits per heavy atom. The van der Waals surface area contributed by atoms with Crippen LogP contribution in [-0.2, 0) is 21.4 Å². The summed E-state index contributed by atoms with van der Waals surface area (Å²) in [4.78, 5) is 15.1. The number of nitrogens with zero attached hydrogens (tertiary/aromatic N) is 2. The second-order valence-electron chi connectivity index (χ2n) is 9.73. The zero-order chi connectivity index (χ0) is 27.4. The van der Waals surface area contributed by atoms with Gasteiger partial charge in [-0.2, -0.15) is 4.31 Å². The van der Waals surface area contributed by atoms with Crippen molar-refractivity contribution in [3.05, 3.63) is 89.7 Å². The Bertz CT molecular complexity index is 1400. The number of aliphatic hydroxyl groups excluding tert-OH is 1. The number of hydrogen-bond acceptors (Lipinski definition) is 5. The molecule has 0 saturated carbocycles. The van der Waals surface area contributed by atoms with Gasteiger partial charge in [-0.15, -0.1) is 0 Å². The molecule has 0 aliphatic carbocycles. The van der Waals surface area contributed by atoms with Gasteiger partial charge in [0.1, 0.15) is 10.7 Å². The van der Waals surface area contributed by atoms with E-state index in [-0.39, 0.29) is 38.1 Å². The van der Waals surface area contributed by atoms with Crippen molar-refractivity contribution in [3.8, 4) is 11.1 Å². The molecule has 1 heterocycles. The predicted molar refractivity (Wildman–Crippen MR) is 143 cm³/mol. The molecule has 1 aliphatic rings. The van der Waals surface area contributed by atoms with Crippen LogP contribution in [0.3, 0.4) is 0 Å². The average molecular weight is 541 g/mol. The van der Waals surface area contributed by atoms with Crippen molar-refractivity contribution in [3.63, 3.8) is 0 Å². The fourth-order valence-corrected chi connectivity index (χ4v) is 5.97. The lowest BCUT2D eigenvalue weighted by atomic mass is 9.94. The van der Waals surface area contributed by atoms with Crippen LogP contribution >= 0.6 is 0 Å². The normalized spacial score (nSPS) is 19.4. The number of benzene rings is 3. The number of amides is 1. The van der Waals surface area contributed by atoms with Crippen LogP contribution in [0.5, 0.6) is 0 Å². The first-order chi connectivity index (χ1) is 18.1. The maximum Gasteiger partial charge on any atom is 0.254 e. The topological polar surface area (TPSA) is 87.2 Å². The second-order valence-corrected chi connectivity index (χ2v) is 11.7. The van der Waals surface area contributed by atoms with Gasteiger partial charge in [0.2, 0.25) is 10.0 Å². The van der Waals surface area contributed by atoms with Crippen LogP contribution in [-0.4, -0.2) is 67.5 Å². The van der Waals surface area contributed by atoms with Gasteiger partial charge < -0.3 is 14.7 Å². The van der Waals surface area contributed by atoms with Gasteiger partial charge in [0.15, 0.2) is 0 Å². The molecule has 1 N–H and O–H groups in total. The van der Waals surface area contributed by atoms with Crippen LogP contribution in [0.25, 0.3) is 11.1 Å². The van der Waals surface area contributed by atoms with Gasteiger partial charge in [0.05, 0.1) is 25.4 Å². The first kappa shape index (κ1) is 27.9. The number of ether oxygens (including phenoxy) is 1. The highest BCUT2D eigenvalue weighted by molar-refractivity contribution is 7.89. The number of fused-ring (bicyclic) bond motifs is 3. The number of rotatable bonds is 6. The average Bonchev–Trinajstić information content (AvgIpc) is 2.94. The monoisotopic (exact) mass is 540 g/mol. The molecular weight excluding hydrogens is 507 g/mol. The van der Waals surface area contributed by atoms with E-state index in [2.05, 4.69) is 0 Å². The highest BCUT2D eigenvalue weighted by Gasteiger charge is 2.33. The van der Waals surface area contributed by atoms with Gasteiger partial charge in [-0.05, 0) is 41.8 Å². The molecule has 0 aromatic heterocycles. The van der Waals surface area contributed by atoms with Crippen molar-refractivity contribution in [1.29, 1.82) is 0 Å². The highest BCUT2D eigenvalue weighted by Crippen LogP contribution is 2.31. The molecule has 3 aromatic rings. The van der Waals surface area contributed by atoms with Crippen molar-refractivity contribution < 1.29 is 27.4 Å². The smallest absolute Gasteiger partial charge is 0.254 e. The number of hydrogen-bond donors (Lipinski definition) is 1. The second kappa shape index (κ2) is 11.7. The van der Waals surface area contributed by atoms with E-state index in [4.69, 9.17) is 4.74 Å². The molecule has 0 bridgehead atoms. The van der Waals surface area contributed by atoms with E-state index >= 15 is 0 Å². The van der Waals surface area contributed by atoms with E-state index in [1.807, 2.05) is 49.4 Å². The lowest BCUT2D eigenvalue weighted by Gasteiger charge is -2.35. The lowest BCUT2D eigenvalue weighted by molar-refractivity contribution is -0.0146. The Balaban J connectivity index is 1.74.